The summed E-state index contributed by atoms with van der Waals surface area (Å²) in [7, 11) is 0. The summed E-state index contributed by atoms with van der Waals surface area (Å²) in [6.07, 6.45) is -1.21. The third-order valence-electron chi connectivity index (χ3n) is 5.51. The van der Waals surface area contributed by atoms with E-state index in [1.165, 1.54) is 28.0 Å². The maximum atomic E-state index is 12.8. The van der Waals surface area contributed by atoms with Crippen LogP contribution in [0.15, 0.2) is 36.7 Å². The van der Waals surface area contributed by atoms with Crippen LogP contribution in [0.4, 0.5) is 13.2 Å². The van der Waals surface area contributed by atoms with Gasteiger partial charge in [0.05, 0.1) is 11.9 Å². The lowest BCUT2D eigenvalue weighted by atomic mass is 10.0. The molecule has 0 saturated carbocycles. The monoisotopic (exact) mass is 459 g/mol. The fourth-order valence-corrected chi connectivity index (χ4v) is 3.98. The van der Waals surface area contributed by atoms with Crippen molar-refractivity contribution in [3.8, 4) is 17.1 Å². The van der Waals surface area contributed by atoms with Crippen molar-refractivity contribution in [1.82, 2.24) is 35.0 Å². The van der Waals surface area contributed by atoms with E-state index < -0.39 is 24.7 Å². The van der Waals surface area contributed by atoms with Gasteiger partial charge in [0.25, 0.3) is 5.91 Å². The molecule has 1 fully saturated rings. The summed E-state index contributed by atoms with van der Waals surface area (Å²) in [6.45, 7) is -0.999. The number of carbonyl (C=O) groups is 3. The average Bonchev–Trinajstić information content (AvgIpc) is 3.46. The standard InChI is InChI=1S/C20H16F3N7O3/c21-20(22,23)10-28-6-5-14(26-28)15-9-30(27-25-15)12-1-2-13-11(7-12)8-29(19(13)33)16-3-4-17(31)24-18(16)32/h1-2,5-7,9,16H,3-4,8,10H2,(H,24,31,32). The first-order valence-electron chi connectivity index (χ1n) is 9.99. The van der Waals surface area contributed by atoms with Crippen LogP contribution in [0.1, 0.15) is 28.8 Å². The number of benzene rings is 1. The van der Waals surface area contributed by atoms with Crippen LogP contribution in [0.3, 0.4) is 0 Å². The van der Waals surface area contributed by atoms with Crippen LogP contribution in [0.2, 0.25) is 0 Å². The van der Waals surface area contributed by atoms with Crippen LogP contribution in [-0.2, 0) is 22.7 Å². The lowest BCUT2D eigenvalue weighted by molar-refractivity contribution is -0.142. The first-order chi connectivity index (χ1) is 15.7. The van der Waals surface area contributed by atoms with Crippen LogP contribution >= 0.6 is 0 Å². The van der Waals surface area contributed by atoms with Gasteiger partial charge in [0.2, 0.25) is 11.8 Å². The van der Waals surface area contributed by atoms with E-state index in [4.69, 9.17) is 0 Å². The zero-order valence-corrected chi connectivity index (χ0v) is 16.9. The summed E-state index contributed by atoms with van der Waals surface area (Å²) in [6, 6.07) is 5.72. The number of hydrogen-bond donors (Lipinski definition) is 1. The van der Waals surface area contributed by atoms with E-state index in [1.54, 1.807) is 18.2 Å². The Morgan fingerprint density at radius 3 is 2.70 bits per heavy atom. The first-order valence-corrected chi connectivity index (χ1v) is 9.99. The Labute approximate surface area is 184 Å². The number of alkyl halides is 3. The number of amides is 3. The van der Waals surface area contributed by atoms with Crippen LogP contribution in [-0.4, -0.2) is 59.6 Å². The molecule has 3 aromatic rings. The minimum atomic E-state index is -4.38. The number of piperidine rings is 1. The maximum Gasteiger partial charge on any atom is 0.408 e. The van der Waals surface area contributed by atoms with E-state index in [0.717, 1.165) is 4.68 Å². The topological polar surface area (TPSA) is 115 Å². The van der Waals surface area contributed by atoms with Gasteiger partial charge in [-0.2, -0.15) is 18.3 Å². The van der Waals surface area contributed by atoms with Crippen LogP contribution in [0.25, 0.3) is 17.1 Å². The summed E-state index contributed by atoms with van der Waals surface area (Å²) in [5.74, 6) is -1.13. The van der Waals surface area contributed by atoms with Gasteiger partial charge < -0.3 is 4.90 Å². The summed E-state index contributed by atoms with van der Waals surface area (Å²) >= 11 is 0. The van der Waals surface area contributed by atoms with Crippen molar-refractivity contribution in [2.24, 2.45) is 0 Å². The normalized spacial score (nSPS) is 18.6. The minimum Gasteiger partial charge on any atom is -0.322 e. The van der Waals surface area contributed by atoms with Gasteiger partial charge >= 0.3 is 6.18 Å². The summed E-state index contributed by atoms with van der Waals surface area (Å²) in [5.41, 5.74) is 2.26. The van der Waals surface area contributed by atoms with Crippen molar-refractivity contribution in [1.29, 1.82) is 0 Å². The fraction of sp³-hybridized carbons (Fsp3) is 0.300. The average molecular weight is 459 g/mol. The molecule has 1 N–H and O–H groups in total. The zero-order chi connectivity index (χ0) is 23.3. The van der Waals surface area contributed by atoms with Crippen LogP contribution in [0.5, 0.6) is 0 Å². The highest BCUT2D eigenvalue weighted by molar-refractivity contribution is 6.05. The predicted molar refractivity (Wildman–Crippen MR) is 105 cm³/mol. The Bertz CT molecular complexity index is 1280. The molecule has 5 rings (SSSR count). The Hall–Kier alpha value is -4.03. The first kappa shape index (κ1) is 20.8. The Balaban J connectivity index is 1.35. The number of fused-ring (bicyclic) bond motifs is 1. The van der Waals surface area contributed by atoms with Gasteiger partial charge in [0, 0.05) is 24.7 Å². The molecule has 0 spiro atoms. The molecule has 0 bridgehead atoms. The third kappa shape index (κ3) is 3.97. The van der Waals surface area contributed by atoms with Crippen LogP contribution < -0.4 is 5.32 Å². The zero-order valence-electron chi connectivity index (χ0n) is 16.9. The Kier molecular flexibility index (Phi) is 4.76. The lowest BCUT2D eigenvalue weighted by Gasteiger charge is -2.29. The highest BCUT2D eigenvalue weighted by Crippen LogP contribution is 2.29. The molecule has 4 heterocycles. The molecule has 2 aliphatic heterocycles. The summed E-state index contributed by atoms with van der Waals surface area (Å²) in [4.78, 5) is 37.8. The van der Waals surface area contributed by atoms with Gasteiger partial charge in [0.1, 0.15) is 24.0 Å². The largest absolute Gasteiger partial charge is 0.408 e. The van der Waals surface area contributed by atoms with E-state index in [0.29, 0.717) is 16.8 Å². The second kappa shape index (κ2) is 7.53. The van der Waals surface area contributed by atoms with Crippen LogP contribution in [0, 0.1) is 0 Å². The van der Waals surface area contributed by atoms with E-state index in [9.17, 15) is 27.6 Å². The molecule has 0 aliphatic carbocycles. The second-order valence-electron chi connectivity index (χ2n) is 7.80. The minimum absolute atomic E-state index is 0.169. The van der Waals surface area contributed by atoms with Gasteiger partial charge in [-0.05, 0) is 36.2 Å². The molecule has 3 amide bonds. The van der Waals surface area contributed by atoms with Gasteiger partial charge in [-0.1, -0.05) is 5.21 Å². The van der Waals surface area contributed by atoms with Crippen molar-refractivity contribution in [3.05, 3.63) is 47.8 Å². The van der Waals surface area contributed by atoms with E-state index in [2.05, 4.69) is 20.7 Å². The summed E-state index contributed by atoms with van der Waals surface area (Å²) in [5, 5.41) is 14.1. The molecule has 33 heavy (non-hydrogen) atoms. The number of rotatable bonds is 4. The molecule has 2 aliphatic rings. The lowest BCUT2D eigenvalue weighted by Crippen LogP contribution is -2.52. The highest BCUT2D eigenvalue weighted by Gasteiger charge is 2.39. The molecule has 13 heteroatoms. The second-order valence-corrected chi connectivity index (χ2v) is 7.80. The number of aromatic nitrogens is 5. The molecule has 1 atom stereocenters. The molecular weight excluding hydrogens is 443 g/mol. The van der Waals surface area contributed by atoms with Gasteiger partial charge in [-0.25, -0.2) is 4.68 Å². The molecule has 1 aromatic carbocycles. The Morgan fingerprint density at radius 2 is 1.94 bits per heavy atom. The van der Waals surface area contributed by atoms with Gasteiger partial charge in [0.15, 0.2) is 0 Å². The van der Waals surface area contributed by atoms with Gasteiger partial charge in [-0.15, -0.1) is 5.10 Å². The number of nitrogens with one attached hydrogen (secondary N) is 1. The number of carbonyl (C=O) groups excluding carboxylic acids is 3. The van der Waals surface area contributed by atoms with E-state index in [-0.39, 0.29) is 42.6 Å². The Morgan fingerprint density at radius 1 is 1.12 bits per heavy atom. The fourth-order valence-electron chi connectivity index (χ4n) is 3.98. The molecule has 1 saturated heterocycles. The van der Waals surface area contributed by atoms with Crippen molar-refractivity contribution in [2.45, 2.75) is 38.1 Å². The van der Waals surface area contributed by atoms with Crippen molar-refractivity contribution < 1.29 is 27.6 Å². The number of halogens is 3. The van der Waals surface area contributed by atoms with Crippen molar-refractivity contribution >= 4 is 17.7 Å². The highest BCUT2D eigenvalue weighted by atomic mass is 19.4. The molecule has 1 unspecified atom stereocenters. The molecule has 10 nitrogen and oxygen atoms in total. The third-order valence-corrected chi connectivity index (χ3v) is 5.51. The predicted octanol–water partition coefficient (Wildman–Crippen LogP) is 1.45. The number of imide groups is 1. The number of nitrogens with zero attached hydrogens (tertiary/aromatic N) is 6. The van der Waals surface area contributed by atoms with Gasteiger partial charge in [-0.3, -0.25) is 24.4 Å². The maximum absolute atomic E-state index is 12.8. The number of hydrogen-bond acceptors (Lipinski definition) is 6. The van der Waals surface area contributed by atoms with Crippen molar-refractivity contribution in [2.75, 3.05) is 0 Å². The van der Waals surface area contributed by atoms with E-state index >= 15 is 0 Å². The smallest absolute Gasteiger partial charge is 0.322 e. The quantitative estimate of drug-likeness (QED) is 0.591. The molecule has 170 valence electrons. The van der Waals surface area contributed by atoms with Crippen molar-refractivity contribution in [3.63, 3.8) is 0 Å². The summed E-state index contributed by atoms with van der Waals surface area (Å²) < 4.78 is 39.8. The molecule has 0 radical (unpaired) electrons. The molecular formula is C20H16F3N7O3. The molecule has 2 aromatic heterocycles. The SMILES string of the molecule is O=C1CCC(N2Cc3cc(-n4cc(-c5ccn(CC(F)(F)F)n5)nn4)ccc3C2=O)C(=O)N1. The van der Waals surface area contributed by atoms with E-state index in [1.807, 2.05) is 0 Å².